The number of aryl methyl sites for hydroxylation is 2. The number of hydrogen-bond acceptors (Lipinski definition) is 2. The first kappa shape index (κ1) is 14.3. The third kappa shape index (κ3) is 3.47. The average Bonchev–Trinajstić information content (AvgIpc) is 2.44. The molecule has 104 valence electrons. The maximum atomic E-state index is 12.0. The molecule has 0 aliphatic rings. The lowest BCUT2D eigenvalue weighted by Gasteiger charge is -2.12. The predicted octanol–water partition coefficient (Wildman–Crippen LogP) is 4.26. The Hall–Kier alpha value is -2.09. The van der Waals surface area contributed by atoms with Gasteiger partial charge in [-0.15, -0.1) is 0 Å². The fourth-order valence-corrected chi connectivity index (χ4v) is 2.17. The van der Waals surface area contributed by atoms with Crippen LogP contribution < -0.4 is 4.74 Å². The summed E-state index contributed by atoms with van der Waals surface area (Å²) in [6, 6.07) is 13.5. The molecule has 20 heavy (non-hydrogen) atoms. The summed E-state index contributed by atoms with van der Waals surface area (Å²) in [5, 5.41) is 0. The van der Waals surface area contributed by atoms with Crippen molar-refractivity contribution in [2.75, 3.05) is 6.61 Å². The molecule has 0 saturated heterocycles. The molecular weight excluding hydrogens is 248 g/mol. The smallest absolute Gasteiger partial charge is 0.166 e. The Kier molecular flexibility index (Phi) is 4.57. The van der Waals surface area contributed by atoms with Gasteiger partial charge in [0.1, 0.15) is 5.75 Å². The zero-order valence-electron chi connectivity index (χ0n) is 12.3. The molecule has 0 bridgehead atoms. The zero-order valence-corrected chi connectivity index (χ0v) is 12.3. The number of rotatable bonds is 5. The van der Waals surface area contributed by atoms with Crippen molar-refractivity contribution < 1.29 is 9.53 Å². The molecule has 0 spiro atoms. The van der Waals surface area contributed by atoms with E-state index in [9.17, 15) is 4.79 Å². The van der Waals surface area contributed by atoms with E-state index in [1.165, 1.54) is 11.1 Å². The van der Waals surface area contributed by atoms with E-state index in [1.807, 2.05) is 43.3 Å². The van der Waals surface area contributed by atoms with Crippen molar-refractivity contribution in [2.45, 2.75) is 27.2 Å². The minimum Gasteiger partial charge on any atom is -0.493 e. The quantitative estimate of drug-likeness (QED) is 0.757. The monoisotopic (exact) mass is 268 g/mol. The van der Waals surface area contributed by atoms with Crippen molar-refractivity contribution in [2.24, 2.45) is 0 Å². The van der Waals surface area contributed by atoms with Crippen molar-refractivity contribution >= 4 is 5.78 Å². The summed E-state index contributed by atoms with van der Waals surface area (Å²) in [6.45, 7) is 6.58. The van der Waals surface area contributed by atoms with Gasteiger partial charge in [0.25, 0.3) is 0 Å². The maximum Gasteiger partial charge on any atom is 0.166 e. The summed E-state index contributed by atoms with van der Waals surface area (Å²) in [4.78, 5) is 12.0. The number of carbonyl (C=O) groups excluding carboxylic acids is 1. The molecule has 2 nitrogen and oxygen atoms in total. The van der Waals surface area contributed by atoms with Gasteiger partial charge in [-0.25, -0.2) is 0 Å². The van der Waals surface area contributed by atoms with Gasteiger partial charge in [0, 0.05) is 12.0 Å². The van der Waals surface area contributed by atoms with Gasteiger partial charge >= 0.3 is 0 Å². The second kappa shape index (κ2) is 6.38. The number of Topliss-reactive ketones (excluding diaryl/α,β-unsaturated/α-hetero) is 1. The highest BCUT2D eigenvalue weighted by Gasteiger charge is 2.07. The van der Waals surface area contributed by atoms with Crippen molar-refractivity contribution in [3.8, 4) is 5.75 Å². The van der Waals surface area contributed by atoms with Crippen LogP contribution in [-0.4, -0.2) is 12.4 Å². The van der Waals surface area contributed by atoms with Crippen LogP contribution in [0.15, 0.2) is 42.5 Å². The van der Waals surface area contributed by atoms with Gasteiger partial charge in [0.05, 0.1) is 6.61 Å². The highest BCUT2D eigenvalue weighted by Crippen LogP contribution is 2.23. The molecular formula is C18H20O2. The van der Waals surface area contributed by atoms with Crippen LogP contribution in [0.3, 0.4) is 0 Å². The fourth-order valence-electron chi connectivity index (χ4n) is 2.17. The highest BCUT2D eigenvalue weighted by molar-refractivity contribution is 5.96. The van der Waals surface area contributed by atoms with Crippen molar-refractivity contribution in [3.63, 3.8) is 0 Å². The normalized spacial score (nSPS) is 10.3. The summed E-state index contributed by atoms with van der Waals surface area (Å²) in [5.74, 6) is 0.996. The van der Waals surface area contributed by atoms with E-state index in [0.29, 0.717) is 13.0 Å². The fraction of sp³-hybridized carbons (Fsp3) is 0.278. The number of carbonyl (C=O) groups is 1. The summed E-state index contributed by atoms with van der Waals surface area (Å²) in [6.07, 6.45) is 0.399. The number of benzene rings is 2. The Morgan fingerprint density at radius 1 is 1.05 bits per heavy atom. The van der Waals surface area contributed by atoms with E-state index in [-0.39, 0.29) is 5.78 Å². The van der Waals surface area contributed by atoms with Crippen molar-refractivity contribution in [1.82, 2.24) is 0 Å². The van der Waals surface area contributed by atoms with Gasteiger partial charge in [0.15, 0.2) is 5.78 Å². The van der Waals surface area contributed by atoms with E-state index in [2.05, 4.69) is 19.9 Å². The molecule has 0 aliphatic heterocycles. The Balaban J connectivity index is 1.95. The van der Waals surface area contributed by atoms with E-state index in [0.717, 1.165) is 16.9 Å². The molecule has 0 radical (unpaired) electrons. The summed E-state index contributed by atoms with van der Waals surface area (Å²) in [5.41, 5.74) is 4.28. The molecule has 0 atom stereocenters. The lowest BCUT2D eigenvalue weighted by Crippen LogP contribution is -2.07. The van der Waals surface area contributed by atoms with E-state index < -0.39 is 0 Å². The second-order valence-electron chi connectivity index (χ2n) is 5.09. The lowest BCUT2D eigenvalue weighted by molar-refractivity contribution is 0.0962. The molecule has 2 heteroatoms. The molecule has 0 unspecified atom stereocenters. The topological polar surface area (TPSA) is 26.3 Å². The predicted molar refractivity (Wildman–Crippen MR) is 81.5 cm³/mol. The molecule has 0 heterocycles. The molecule has 0 aromatic heterocycles. The first-order valence-electron chi connectivity index (χ1n) is 6.87. The third-order valence-electron chi connectivity index (χ3n) is 3.45. The molecule has 2 aromatic carbocycles. The van der Waals surface area contributed by atoms with E-state index in [1.54, 1.807) is 0 Å². The van der Waals surface area contributed by atoms with E-state index in [4.69, 9.17) is 4.74 Å². The van der Waals surface area contributed by atoms with Crippen LogP contribution in [0, 0.1) is 20.8 Å². The molecule has 0 aliphatic carbocycles. The zero-order chi connectivity index (χ0) is 14.5. The van der Waals surface area contributed by atoms with E-state index >= 15 is 0 Å². The first-order valence-corrected chi connectivity index (χ1v) is 6.87. The summed E-state index contributed by atoms with van der Waals surface area (Å²) < 4.78 is 5.77. The van der Waals surface area contributed by atoms with Gasteiger partial charge in [-0.05, 0) is 43.5 Å². The Labute approximate surface area is 120 Å². The summed E-state index contributed by atoms with van der Waals surface area (Å²) >= 11 is 0. The number of ketones is 1. The minimum absolute atomic E-state index is 0.118. The summed E-state index contributed by atoms with van der Waals surface area (Å²) in [7, 11) is 0. The molecule has 0 amide bonds. The largest absolute Gasteiger partial charge is 0.493 e. The van der Waals surface area contributed by atoms with Gasteiger partial charge < -0.3 is 4.74 Å². The number of hydrogen-bond donors (Lipinski definition) is 0. The van der Waals surface area contributed by atoms with Crippen LogP contribution in [-0.2, 0) is 0 Å². The maximum absolute atomic E-state index is 12.0. The van der Waals surface area contributed by atoms with Gasteiger partial charge in [-0.2, -0.15) is 0 Å². The van der Waals surface area contributed by atoms with Crippen LogP contribution >= 0.6 is 0 Å². The van der Waals surface area contributed by atoms with Crippen LogP contribution in [0.2, 0.25) is 0 Å². The van der Waals surface area contributed by atoms with Crippen molar-refractivity contribution in [1.29, 1.82) is 0 Å². The highest BCUT2D eigenvalue weighted by atomic mass is 16.5. The second-order valence-corrected chi connectivity index (χ2v) is 5.09. The van der Waals surface area contributed by atoms with Crippen molar-refractivity contribution in [3.05, 3.63) is 64.7 Å². The SMILES string of the molecule is Cc1cc(C)c(C)c(OCCC(=O)c2ccccc2)c1. The molecule has 2 rings (SSSR count). The lowest BCUT2D eigenvalue weighted by atomic mass is 10.1. The van der Waals surface area contributed by atoms with Gasteiger partial charge in [-0.3, -0.25) is 4.79 Å². The average molecular weight is 268 g/mol. The molecule has 0 N–H and O–H groups in total. The van der Waals surface area contributed by atoms with Crippen LogP contribution in [0.5, 0.6) is 5.75 Å². The minimum atomic E-state index is 0.118. The van der Waals surface area contributed by atoms with Gasteiger partial charge in [0.2, 0.25) is 0 Å². The molecule has 0 saturated carbocycles. The Morgan fingerprint density at radius 3 is 2.45 bits per heavy atom. The first-order chi connectivity index (χ1) is 9.58. The Bertz CT molecular complexity index is 600. The third-order valence-corrected chi connectivity index (χ3v) is 3.45. The van der Waals surface area contributed by atoms with Crippen LogP contribution in [0.1, 0.15) is 33.5 Å². The molecule has 0 fully saturated rings. The molecule has 2 aromatic rings. The standard InChI is InChI=1S/C18H20O2/c1-13-11-14(2)15(3)18(12-13)20-10-9-17(19)16-7-5-4-6-8-16/h4-8,11-12H,9-10H2,1-3H3. The van der Waals surface area contributed by atoms with Crippen LogP contribution in [0.4, 0.5) is 0 Å². The number of ether oxygens (including phenoxy) is 1. The van der Waals surface area contributed by atoms with Crippen LogP contribution in [0.25, 0.3) is 0 Å². The van der Waals surface area contributed by atoms with Gasteiger partial charge in [-0.1, -0.05) is 36.4 Å². The Morgan fingerprint density at radius 2 is 1.75 bits per heavy atom.